The smallest absolute Gasteiger partial charge is 0.328 e. The van der Waals surface area contributed by atoms with Gasteiger partial charge in [0.25, 0.3) is 0 Å². The molecule has 1 aliphatic rings. The van der Waals surface area contributed by atoms with E-state index in [1.165, 1.54) is 24.3 Å². The molecule has 0 amide bonds. The van der Waals surface area contributed by atoms with Crippen LogP contribution < -0.4 is 9.47 Å². The highest BCUT2D eigenvalue weighted by molar-refractivity contribution is 5.87. The van der Waals surface area contributed by atoms with Gasteiger partial charge < -0.3 is 23.7 Å². The fourth-order valence-corrected chi connectivity index (χ4v) is 5.87. The zero-order valence-corrected chi connectivity index (χ0v) is 26.4. The van der Waals surface area contributed by atoms with Crippen LogP contribution in [-0.2, 0) is 31.0 Å². The molecule has 10 nitrogen and oxygen atoms in total. The first-order chi connectivity index (χ1) is 23.3. The summed E-state index contributed by atoms with van der Waals surface area (Å²) in [5.41, 5.74) is 3.27. The van der Waals surface area contributed by atoms with Gasteiger partial charge in [0.05, 0.1) is 42.3 Å². The number of nitriles is 1. The van der Waals surface area contributed by atoms with E-state index in [-0.39, 0.29) is 29.5 Å². The topological polar surface area (TPSA) is 118 Å². The highest BCUT2D eigenvalue weighted by Gasteiger charge is 2.24. The molecule has 1 saturated heterocycles. The lowest BCUT2D eigenvalue weighted by molar-refractivity contribution is -0.131. The van der Waals surface area contributed by atoms with Crippen LogP contribution in [-0.4, -0.2) is 54.3 Å². The zero-order chi connectivity index (χ0) is 33.6. The normalized spacial score (nSPS) is 14.0. The number of aryl methyl sites for hydroxylation is 1. The van der Waals surface area contributed by atoms with Gasteiger partial charge in [0.15, 0.2) is 17.4 Å². The molecule has 0 saturated carbocycles. The van der Waals surface area contributed by atoms with Crippen molar-refractivity contribution in [3.63, 3.8) is 0 Å². The largest absolute Gasteiger partial charge is 0.490 e. The molecule has 0 spiro atoms. The predicted molar refractivity (Wildman–Crippen MR) is 174 cm³/mol. The van der Waals surface area contributed by atoms with Gasteiger partial charge in [-0.2, -0.15) is 5.26 Å². The van der Waals surface area contributed by atoms with Crippen LogP contribution in [0.4, 0.5) is 8.78 Å². The molecule has 0 radical (unpaired) electrons. The second-order valence-electron chi connectivity index (χ2n) is 11.6. The third-order valence-corrected chi connectivity index (χ3v) is 8.34. The number of ether oxygens (including phenoxy) is 2. The summed E-state index contributed by atoms with van der Waals surface area (Å²) in [6, 6.07) is 16.6. The Hall–Kier alpha value is -5.54. The third kappa shape index (κ3) is 7.53. The molecule has 2 aromatic heterocycles. The van der Waals surface area contributed by atoms with Gasteiger partial charge in [-0.1, -0.05) is 12.1 Å². The number of carboxylic acids is 1. The number of fused-ring (bicyclic) bond motifs is 1. The summed E-state index contributed by atoms with van der Waals surface area (Å²) in [6.45, 7) is 5.34. The maximum Gasteiger partial charge on any atom is 0.328 e. The van der Waals surface area contributed by atoms with Crippen LogP contribution in [0.2, 0.25) is 0 Å². The van der Waals surface area contributed by atoms with Crippen molar-refractivity contribution in [2.75, 3.05) is 13.1 Å². The predicted octanol–water partition coefficient (Wildman–Crippen LogP) is 6.17. The lowest BCUT2D eigenvalue weighted by Crippen LogP contribution is -2.38. The number of imidazole rings is 2. The van der Waals surface area contributed by atoms with Crippen molar-refractivity contribution in [3.05, 3.63) is 113 Å². The van der Waals surface area contributed by atoms with Gasteiger partial charge in [0.1, 0.15) is 29.8 Å². The van der Waals surface area contributed by atoms with Crippen molar-refractivity contribution < 1.29 is 28.2 Å². The number of carbonyl (C=O) groups is 1. The monoisotopic (exact) mass is 652 g/mol. The molecular formula is C36H34F2N6O4. The van der Waals surface area contributed by atoms with Gasteiger partial charge in [-0.05, 0) is 79.4 Å². The number of likely N-dealkylation sites (tertiary alicyclic amines) is 1. The third-order valence-electron chi connectivity index (χ3n) is 8.34. The lowest BCUT2D eigenvalue weighted by Gasteiger charge is -2.32. The van der Waals surface area contributed by atoms with Crippen molar-refractivity contribution >= 4 is 23.1 Å². The molecule has 1 aliphatic heterocycles. The lowest BCUT2D eigenvalue weighted by atomic mass is 10.1. The molecular weight excluding hydrogens is 618 g/mol. The number of carboxylic acid groups (broad SMARTS) is 1. The van der Waals surface area contributed by atoms with Gasteiger partial charge in [-0.15, -0.1) is 0 Å². The molecule has 48 heavy (non-hydrogen) atoms. The minimum Gasteiger partial charge on any atom is -0.490 e. The van der Waals surface area contributed by atoms with E-state index in [4.69, 9.17) is 24.8 Å². The van der Waals surface area contributed by atoms with Crippen molar-refractivity contribution in [3.8, 4) is 17.6 Å². The maximum absolute atomic E-state index is 15.3. The number of rotatable bonds is 12. The molecule has 6 rings (SSSR count). The number of aliphatic carboxylic acids is 1. The zero-order valence-electron chi connectivity index (χ0n) is 26.4. The summed E-state index contributed by atoms with van der Waals surface area (Å²) in [7, 11) is 0. The highest BCUT2D eigenvalue weighted by Crippen LogP contribution is 2.27. The SMILES string of the molecule is CCn1cncc1Cn1c(CN2CCC(Oc3cccc(COc4ccc(C#N)cc4F)c3)CC2)nc2c(F)cc(/C=C/C(=O)O)cc21. The average molecular weight is 653 g/mol. The number of nitrogens with zero attached hydrogens (tertiary/aromatic N) is 6. The summed E-state index contributed by atoms with van der Waals surface area (Å²) < 4.78 is 45.5. The summed E-state index contributed by atoms with van der Waals surface area (Å²) in [4.78, 5) is 22.4. The molecule has 0 bridgehead atoms. The van der Waals surface area contributed by atoms with E-state index in [0.29, 0.717) is 35.7 Å². The Morgan fingerprint density at radius 1 is 1.10 bits per heavy atom. The number of piperidine rings is 1. The van der Waals surface area contributed by atoms with Crippen LogP contribution in [0.25, 0.3) is 17.1 Å². The second-order valence-corrected chi connectivity index (χ2v) is 11.6. The van der Waals surface area contributed by atoms with Crippen molar-refractivity contribution in [2.24, 2.45) is 0 Å². The average Bonchev–Trinajstić information content (AvgIpc) is 3.68. The first-order valence-electron chi connectivity index (χ1n) is 15.7. The van der Waals surface area contributed by atoms with Crippen molar-refractivity contribution in [2.45, 2.75) is 52.1 Å². The number of benzene rings is 3. The first-order valence-corrected chi connectivity index (χ1v) is 15.7. The molecule has 3 aromatic carbocycles. The van der Waals surface area contributed by atoms with E-state index < -0.39 is 17.6 Å². The summed E-state index contributed by atoms with van der Waals surface area (Å²) in [6.07, 6.45) is 7.46. The Morgan fingerprint density at radius 3 is 2.69 bits per heavy atom. The number of aromatic nitrogens is 4. The van der Waals surface area contributed by atoms with Crippen molar-refractivity contribution in [1.82, 2.24) is 24.0 Å². The highest BCUT2D eigenvalue weighted by atomic mass is 19.1. The second kappa shape index (κ2) is 14.5. The molecule has 246 valence electrons. The van der Waals surface area contributed by atoms with E-state index in [1.54, 1.807) is 18.6 Å². The quantitative estimate of drug-likeness (QED) is 0.159. The Kier molecular flexibility index (Phi) is 9.78. The van der Waals surface area contributed by atoms with E-state index in [9.17, 15) is 9.18 Å². The van der Waals surface area contributed by atoms with Gasteiger partial charge >= 0.3 is 5.97 Å². The molecule has 3 heterocycles. The van der Waals surface area contributed by atoms with Crippen LogP contribution in [0.5, 0.6) is 11.5 Å². The number of hydrogen-bond donors (Lipinski definition) is 1. The molecule has 12 heteroatoms. The molecule has 5 aromatic rings. The van der Waals surface area contributed by atoms with E-state index in [0.717, 1.165) is 55.9 Å². The van der Waals surface area contributed by atoms with Crippen LogP contribution in [0.1, 0.15) is 48.0 Å². The molecule has 1 N–H and O–H groups in total. The summed E-state index contributed by atoms with van der Waals surface area (Å²) in [5, 5.41) is 18.0. The van der Waals surface area contributed by atoms with Gasteiger partial charge in [0.2, 0.25) is 0 Å². The van der Waals surface area contributed by atoms with E-state index in [2.05, 4.69) is 9.88 Å². The number of hydrogen-bond acceptors (Lipinski definition) is 7. The standard InChI is InChI=1S/C36H34F2N6O4/c1-2-43-23-40-19-27(43)20-44-32-17-24(7-9-35(45)46)15-31(38)36(32)41-34(44)21-42-12-10-28(11-13-42)48-29-5-3-4-26(14-29)22-47-33-8-6-25(18-39)16-30(33)37/h3-9,14-17,19,23,28H,2,10-13,20-22H2,1H3,(H,45,46)/b9-7+. The fourth-order valence-electron chi connectivity index (χ4n) is 5.87. The molecule has 0 aliphatic carbocycles. The first kappa shape index (κ1) is 32.4. The molecule has 0 atom stereocenters. The maximum atomic E-state index is 15.3. The van der Waals surface area contributed by atoms with E-state index in [1.807, 2.05) is 46.4 Å². The fraction of sp³-hybridized carbons (Fsp3) is 0.278. The molecule has 0 unspecified atom stereocenters. The van der Waals surface area contributed by atoms with E-state index >= 15 is 4.39 Å². The Balaban J connectivity index is 1.12. The Labute approximate surface area is 276 Å². The van der Waals surface area contributed by atoms with Crippen LogP contribution in [0.3, 0.4) is 0 Å². The van der Waals surface area contributed by atoms with Crippen LogP contribution in [0.15, 0.2) is 73.2 Å². The Bertz CT molecular complexity index is 2010. The summed E-state index contributed by atoms with van der Waals surface area (Å²) >= 11 is 0. The van der Waals surface area contributed by atoms with Gasteiger partial charge in [-0.3, -0.25) is 4.90 Å². The van der Waals surface area contributed by atoms with Gasteiger partial charge in [-0.25, -0.2) is 23.5 Å². The minimum absolute atomic E-state index is 0.00728. The van der Waals surface area contributed by atoms with Crippen LogP contribution >= 0.6 is 0 Å². The van der Waals surface area contributed by atoms with Crippen molar-refractivity contribution in [1.29, 1.82) is 5.26 Å². The molecule has 1 fully saturated rings. The van der Waals surface area contributed by atoms with Gasteiger partial charge in [0, 0.05) is 31.9 Å². The minimum atomic E-state index is -1.11. The van der Waals surface area contributed by atoms with Crippen LogP contribution in [0, 0.1) is 23.0 Å². The number of halogens is 2. The Morgan fingerprint density at radius 2 is 1.94 bits per heavy atom. The summed E-state index contributed by atoms with van der Waals surface area (Å²) in [5.74, 6) is -0.717.